The van der Waals surface area contributed by atoms with Gasteiger partial charge in [-0.15, -0.1) is 0 Å². The summed E-state index contributed by atoms with van der Waals surface area (Å²) in [6, 6.07) is 9.46. The fraction of sp³-hybridized carbons (Fsp3) is 0.238. The number of nitrogens with zero attached hydrogens (tertiary/aromatic N) is 1. The van der Waals surface area contributed by atoms with Gasteiger partial charge in [0.05, 0.1) is 11.7 Å². The molecule has 0 aliphatic heterocycles. The number of hydrogen-bond acceptors (Lipinski definition) is 6. The van der Waals surface area contributed by atoms with Gasteiger partial charge >= 0.3 is 0 Å². The maximum absolute atomic E-state index is 14.4. The van der Waals surface area contributed by atoms with Gasteiger partial charge in [0, 0.05) is 22.7 Å². The summed E-state index contributed by atoms with van der Waals surface area (Å²) in [5.74, 6) is 10.2. The zero-order valence-electron chi connectivity index (χ0n) is 16.2. The lowest BCUT2D eigenvalue weighted by molar-refractivity contribution is 0.102. The smallest absolute Gasteiger partial charge is 0.259 e. The van der Waals surface area contributed by atoms with E-state index in [4.69, 9.17) is 20.8 Å². The molecule has 0 atom stereocenters. The molecule has 156 valence electrons. The highest BCUT2D eigenvalue weighted by atomic mass is 19.1. The van der Waals surface area contributed by atoms with E-state index in [2.05, 4.69) is 15.8 Å². The molecule has 1 heterocycles. The Morgan fingerprint density at radius 3 is 2.70 bits per heavy atom. The third kappa shape index (κ3) is 3.92. The number of fused-ring (bicyclic) bond motifs is 1. The first-order valence-corrected chi connectivity index (χ1v) is 9.62. The Hall–Kier alpha value is -3.59. The minimum Gasteiger partial charge on any atom is -0.487 e. The summed E-state index contributed by atoms with van der Waals surface area (Å²) in [6.45, 7) is 0. The van der Waals surface area contributed by atoms with E-state index >= 15 is 0 Å². The molecule has 6 N–H and O–H groups in total. The zero-order chi connectivity index (χ0) is 21.1. The van der Waals surface area contributed by atoms with E-state index in [1.807, 2.05) is 0 Å². The summed E-state index contributed by atoms with van der Waals surface area (Å²) in [6.07, 6.45) is 5.47. The van der Waals surface area contributed by atoms with Crippen LogP contribution in [0.15, 0.2) is 52.2 Å². The number of rotatable bonds is 5. The molecule has 30 heavy (non-hydrogen) atoms. The van der Waals surface area contributed by atoms with Crippen molar-refractivity contribution in [3.05, 3.63) is 59.6 Å². The average molecular weight is 411 g/mol. The van der Waals surface area contributed by atoms with E-state index in [1.54, 1.807) is 24.3 Å². The Bertz CT molecular complexity index is 1110. The molecule has 8 nitrogen and oxygen atoms in total. The van der Waals surface area contributed by atoms with E-state index in [-0.39, 0.29) is 17.7 Å². The predicted molar refractivity (Wildman–Crippen MR) is 111 cm³/mol. The topological polar surface area (TPSA) is 128 Å². The summed E-state index contributed by atoms with van der Waals surface area (Å²) in [5, 5.41) is 6.82. The fourth-order valence-corrected chi connectivity index (χ4v) is 3.60. The van der Waals surface area contributed by atoms with Crippen LogP contribution in [0.2, 0.25) is 0 Å². The van der Waals surface area contributed by atoms with Gasteiger partial charge in [-0.1, -0.05) is 6.07 Å². The Balaban J connectivity index is 1.51. The number of furan rings is 1. The molecule has 9 heteroatoms. The van der Waals surface area contributed by atoms with Crippen molar-refractivity contribution < 1.29 is 18.3 Å². The third-order valence-corrected chi connectivity index (χ3v) is 5.14. The summed E-state index contributed by atoms with van der Waals surface area (Å²) in [4.78, 5) is 12.7. The first-order chi connectivity index (χ1) is 14.6. The fourth-order valence-electron chi connectivity index (χ4n) is 3.60. The number of amidine groups is 1. The largest absolute Gasteiger partial charge is 0.487 e. The first kappa shape index (κ1) is 19.7. The number of benzene rings is 2. The maximum Gasteiger partial charge on any atom is 0.259 e. The number of amides is 1. The van der Waals surface area contributed by atoms with Crippen LogP contribution < -0.4 is 27.2 Å². The van der Waals surface area contributed by atoms with Crippen LogP contribution in [0.25, 0.3) is 11.0 Å². The monoisotopic (exact) mass is 411 g/mol. The molecule has 1 saturated carbocycles. The maximum atomic E-state index is 14.4. The van der Waals surface area contributed by atoms with Gasteiger partial charge < -0.3 is 25.7 Å². The van der Waals surface area contributed by atoms with Gasteiger partial charge in [0.15, 0.2) is 17.4 Å². The van der Waals surface area contributed by atoms with E-state index in [1.165, 1.54) is 18.4 Å². The van der Waals surface area contributed by atoms with Gasteiger partial charge in [-0.3, -0.25) is 4.79 Å². The first-order valence-electron chi connectivity index (χ1n) is 9.62. The predicted octanol–water partition coefficient (Wildman–Crippen LogP) is 3.23. The van der Waals surface area contributed by atoms with Crippen molar-refractivity contribution in [3.63, 3.8) is 0 Å². The SMILES string of the molecule is N/N=C(\NN)c1ccc2c(C(=O)Nc3ccc(OC4CCCC4)c(F)c3)coc2c1. The van der Waals surface area contributed by atoms with Gasteiger partial charge in [0.2, 0.25) is 0 Å². The minimum atomic E-state index is -0.510. The van der Waals surface area contributed by atoms with Crippen LogP contribution in [0, 0.1) is 5.82 Å². The summed E-state index contributed by atoms with van der Waals surface area (Å²) < 4.78 is 25.6. The number of carbonyl (C=O) groups excluding carboxylic acids is 1. The van der Waals surface area contributed by atoms with E-state index < -0.39 is 11.7 Å². The molecule has 0 radical (unpaired) electrons. The van der Waals surface area contributed by atoms with Crippen molar-refractivity contribution in [2.75, 3.05) is 5.32 Å². The van der Waals surface area contributed by atoms with Gasteiger partial charge in [-0.2, -0.15) is 5.10 Å². The Labute approximate surface area is 172 Å². The Morgan fingerprint density at radius 2 is 2.00 bits per heavy atom. The lowest BCUT2D eigenvalue weighted by atomic mass is 10.1. The van der Waals surface area contributed by atoms with Crippen LogP contribution in [-0.2, 0) is 0 Å². The van der Waals surface area contributed by atoms with E-state index in [9.17, 15) is 9.18 Å². The summed E-state index contributed by atoms with van der Waals surface area (Å²) >= 11 is 0. The number of anilines is 1. The molecule has 1 aromatic heterocycles. The van der Waals surface area contributed by atoms with Crippen molar-refractivity contribution in [1.82, 2.24) is 5.43 Å². The molecule has 0 unspecified atom stereocenters. The number of carbonyl (C=O) groups is 1. The number of hydrazone groups is 1. The van der Waals surface area contributed by atoms with E-state index in [0.29, 0.717) is 27.8 Å². The standard InChI is InChI=1S/C21H22FN5O3/c22-17-10-13(6-8-18(17)30-14-3-1-2-4-14)25-21(28)16-11-29-19-9-12(5-7-15(16)19)20(26-23)27-24/h5-11,14H,1-4,23-24H2,(H,25,28)(H,26,27). The second kappa shape index (κ2) is 8.42. The molecule has 0 bridgehead atoms. The number of halogens is 1. The van der Waals surface area contributed by atoms with Crippen molar-refractivity contribution in [3.8, 4) is 5.75 Å². The van der Waals surface area contributed by atoms with Crippen LogP contribution in [0.4, 0.5) is 10.1 Å². The van der Waals surface area contributed by atoms with Crippen LogP contribution in [-0.4, -0.2) is 17.8 Å². The van der Waals surface area contributed by atoms with Gasteiger partial charge in [0.25, 0.3) is 5.91 Å². The van der Waals surface area contributed by atoms with Crippen LogP contribution in [0.3, 0.4) is 0 Å². The quantitative estimate of drug-likeness (QED) is 0.221. The molecule has 1 aliphatic rings. The van der Waals surface area contributed by atoms with Gasteiger partial charge in [0.1, 0.15) is 11.8 Å². The lowest BCUT2D eigenvalue weighted by Crippen LogP contribution is -2.31. The molecule has 1 amide bonds. The minimum absolute atomic E-state index is 0.0569. The molecule has 0 spiro atoms. The second-order valence-electron chi connectivity index (χ2n) is 7.11. The Morgan fingerprint density at radius 1 is 1.20 bits per heavy atom. The van der Waals surface area contributed by atoms with Gasteiger partial charge in [-0.05, 0) is 49.9 Å². The molecule has 1 fully saturated rings. The molecule has 3 aromatic rings. The normalized spacial score (nSPS) is 14.8. The average Bonchev–Trinajstić information content (AvgIpc) is 3.40. The lowest BCUT2D eigenvalue weighted by Gasteiger charge is -2.14. The highest BCUT2D eigenvalue weighted by Gasteiger charge is 2.19. The number of ether oxygens (including phenoxy) is 1. The van der Waals surface area contributed by atoms with Crippen molar-refractivity contribution in [1.29, 1.82) is 0 Å². The van der Waals surface area contributed by atoms with Gasteiger partial charge in [-0.25, -0.2) is 10.2 Å². The molecule has 0 saturated heterocycles. The highest BCUT2D eigenvalue weighted by molar-refractivity contribution is 6.13. The molecule has 4 rings (SSSR count). The van der Waals surface area contributed by atoms with Crippen LogP contribution in [0.1, 0.15) is 41.6 Å². The van der Waals surface area contributed by atoms with Crippen molar-refractivity contribution in [2.45, 2.75) is 31.8 Å². The van der Waals surface area contributed by atoms with E-state index in [0.717, 1.165) is 25.7 Å². The number of nitrogens with one attached hydrogen (secondary N) is 2. The van der Waals surface area contributed by atoms with Crippen LogP contribution in [0.5, 0.6) is 5.75 Å². The molecule has 2 aromatic carbocycles. The number of nitrogens with two attached hydrogens (primary N) is 2. The molecular weight excluding hydrogens is 389 g/mol. The number of hydrazine groups is 1. The zero-order valence-corrected chi connectivity index (χ0v) is 16.2. The third-order valence-electron chi connectivity index (χ3n) is 5.14. The van der Waals surface area contributed by atoms with Crippen LogP contribution >= 0.6 is 0 Å². The molecular formula is C21H22FN5O3. The van der Waals surface area contributed by atoms with Crippen molar-refractivity contribution >= 4 is 28.4 Å². The molecule has 1 aliphatic carbocycles. The summed E-state index contributed by atoms with van der Waals surface area (Å²) in [5.41, 5.74) is 4.09. The van der Waals surface area contributed by atoms with Crippen molar-refractivity contribution in [2.24, 2.45) is 16.8 Å². The summed E-state index contributed by atoms with van der Waals surface area (Å²) in [7, 11) is 0. The Kier molecular flexibility index (Phi) is 5.53. The number of hydrogen-bond donors (Lipinski definition) is 4. The second-order valence-corrected chi connectivity index (χ2v) is 7.11. The highest BCUT2D eigenvalue weighted by Crippen LogP contribution is 2.28.